The van der Waals surface area contributed by atoms with Crippen molar-refractivity contribution < 1.29 is 19.1 Å². The molecular weight excluding hydrogens is 162 g/mol. The first-order valence-corrected chi connectivity index (χ1v) is 3.41. The first-order valence-electron chi connectivity index (χ1n) is 3.41. The lowest BCUT2D eigenvalue weighted by Crippen LogP contribution is -2.18. The minimum atomic E-state index is -1.08. The molecule has 0 aliphatic rings. The third-order valence-corrected chi connectivity index (χ3v) is 0.889. The van der Waals surface area contributed by atoms with Crippen LogP contribution in [0.5, 0.6) is 0 Å². The van der Waals surface area contributed by atoms with Crippen molar-refractivity contribution in [3.8, 4) is 0 Å². The molecule has 0 aromatic carbocycles. The van der Waals surface area contributed by atoms with Gasteiger partial charge in [0, 0.05) is 0 Å². The number of hydrogen-bond acceptors (Lipinski definition) is 4. The third-order valence-electron chi connectivity index (χ3n) is 0.889. The fourth-order valence-electron chi connectivity index (χ4n) is 0.438. The normalized spacial score (nSPS) is 8.75. The molecule has 1 amide bonds. The molecule has 0 saturated carbocycles. The van der Waals surface area contributed by atoms with Crippen LogP contribution in [0.25, 0.3) is 0 Å². The minimum Gasteiger partial charge on any atom is -0.460 e. The van der Waals surface area contributed by atoms with Crippen LogP contribution >= 0.6 is 0 Å². The zero-order chi connectivity index (χ0) is 9.56. The average Bonchev–Trinajstić information content (AvgIpc) is 1.98. The Morgan fingerprint density at radius 2 is 2.08 bits per heavy atom. The number of rotatable bonds is 4. The molecule has 0 fully saturated rings. The number of ether oxygens (including phenoxy) is 2. The van der Waals surface area contributed by atoms with E-state index in [9.17, 15) is 9.59 Å². The van der Waals surface area contributed by atoms with Crippen molar-refractivity contribution in [1.82, 2.24) is 0 Å². The van der Waals surface area contributed by atoms with Gasteiger partial charge in [-0.25, -0.2) is 9.59 Å². The van der Waals surface area contributed by atoms with Gasteiger partial charge < -0.3 is 15.2 Å². The summed E-state index contributed by atoms with van der Waals surface area (Å²) in [6, 6.07) is 0. The highest BCUT2D eigenvalue weighted by atomic mass is 16.6. The molecule has 2 N–H and O–H groups in total. The van der Waals surface area contributed by atoms with Crippen LogP contribution in [-0.4, -0.2) is 18.7 Å². The predicted octanol–water partition coefficient (Wildman–Crippen LogP) is 0.549. The first-order chi connectivity index (χ1) is 5.57. The fourth-order valence-corrected chi connectivity index (χ4v) is 0.438. The van der Waals surface area contributed by atoms with Gasteiger partial charge in [-0.1, -0.05) is 6.92 Å². The Labute approximate surface area is 70.1 Å². The van der Waals surface area contributed by atoms with Gasteiger partial charge in [-0.05, 0) is 13.0 Å². The Morgan fingerprint density at radius 1 is 1.50 bits per heavy atom. The summed E-state index contributed by atoms with van der Waals surface area (Å²) in [5.41, 5.74) is 4.63. The lowest BCUT2D eigenvalue weighted by atomic mass is 10.5. The molecule has 0 aliphatic heterocycles. The van der Waals surface area contributed by atoms with Crippen LogP contribution in [-0.2, 0) is 14.3 Å². The van der Waals surface area contributed by atoms with Crippen molar-refractivity contribution in [3.05, 3.63) is 12.3 Å². The molecule has 68 valence electrons. The van der Waals surface area contributed by atoms with Crippen LogP contribution in [0, 0.1) is 0 Å². The molecule has 12 heavy (non-hydrogen) atoms. The molecule has 5 nitrogen and oxygen atoms in total. The van der Waals surface area contributed by atoms with Gasteiger partial charge in [-0.3, -0.25) is 0 Å². The zero-order valence-corrected chi connectivity index (χ0v) is 6.83. The number of primary amides is 1. The van der Waals surface area contributed by atoms with Crippen LogP contribution in [0.1, 0.15) is 13.3 Å². The van der Waals surface area contributed by atoms with Gasteiger partial charge >= 0.3 is 12.1 Å². The number of amides is 1. The Balaban J connectivity index is 3.77. The fraction of sp³-hybridized carbons (Fsp3) is 0.429. The van der Waals surface area contributed by atoms with E-state index in [1.165, 1.54) is 0 Å². The Bertz CT molecular complexity index is 200. The van der Waals surface area contributed by atoms with E-state index >= 15 is 0 Å². The summed E-state index contributed by atoms with van der Waals surface area (Å²) in [6.45, 7) is 5.25. The Hall–Kier alpha value is -1.52. The summed E-state index contributed by atoms with van der Waals surface area (Å²) >= 11 is 0. The van der Waals surface area contributed by atoms with Crippen molar-refractivity contribution in [1.29, 1.82) is 0 Å². The summed E-state index contributed by atoms with van der Waals surface area (Å²) in [6.07, 6.45) is -0.385. The minimum absolute atomic E-state index is 0.264. The summed E-state index contributed by atoms with van der Waals surface area (Å²) in [5.74, 6) is -1.16. The van der Waals surface area contributed by atoms with E-state index in [-0.39, 0.29) is 6.61 Å². The lowest BCUT2D eigenvalue weighted by molar-refractivity contribution is -0.142. The maximum absolute atomic E-state index is 10.8. The summed E-state index contributed by atoms with van der Waals surface area (Å²) in [5, 5.41) is 0. The molecule has 5 heteroatoms. The molecular formula is C7H11NO4. The largest absolute Gasteiger partial charge is 0.460 e. The van der Waals surface area contributed by atoms with E-state index in [0.29, 0.717) is 6.42 Å². The van der Waals surface area contributed by atoms with Crippen LogP contribution in [0.3, 0.4) is 0 Å². The van der Waals surface area contributed by atoms with E-state index in [4.69, 9.17) is 0 Å². The first kappa shape index (κ1) is 10.5. The summed E-state index contributed by atoms with van der Waals surface area (Å²) in [4.78, 5) is 20.9. The van der Waals surface area contributed by atoms with Crippen LogP contribution in [0.4, 0.5) is 4.79 Å². The molecule has 0 rings (SSSR count). The van der Waals surface area contributed by atoms with E-state index in [2.05, 4.69) is 21.8 Å². The van der Waals surface area contributed by atoms with Crippen molar-refractivity contribution >= 4 is 12.1 Å². The van der Waals surface area contributed by atoms with Gasteiger partial charge in [0.2, 0.25) is 5.76 Å². The van der Waals surface area contributed by atoms with Gasteiger partial charge in [-0.15, -0.1) is 0 Å². The molecule has 0 atom stereocenters. The van der Waals surface area contributed by atoms with E-state index in [1.807, 2.05) is 6.92 Å². The standard InChI is InChI=1S/C7H11NO4/c1-3-4-11-6(9)5(2)12-7(8)10/h2-4H2,1H3,(H2,8,10). The average molecular weight is 173 g/mol. The molecule has 0 saturated heterocycles. The van der Waals surface area contributed by atoms with E-state index in [0.717, 1.165) is 0 Å². The molecule has 0 bridgehead atoms. The molecule has 0 aromatic heterocycles. The zero-order valence-electron chi connectivity index (χ0n) is 6.83. The summed E-state index contributed by atoms with van der Waals surface area (Å²) in [7, 11) is 0. The van der Waals surface area contributed by atoms with Gasteiger partial charge in [0.25, 0.3) is 0 Å². The van der Waals surface area contributed by atoms with Crippen molar-refractivity contribution in [2.24, 2.45) is 5.73 Å². The highest BCUT2D eigenvalue weighted by Crippen LogP contribution is 1.97. The number of carbonyl (C=O) groups is 2. The summed E-state index contributed by atoms with van der Waals surface area (Å²) < 4.78 is 8.76. The van der Waals surface area contributed by atoms with Crippen molar-refractivity contribution in [2.45, 2.75) is 13.3 Å². The Kier molecular flexibility index (Phi) is 4.52. The molecule has 0 radical (unpaired) electrons. The van der Waals surface area contributed by atoms with Crippen molar-refractivity contribution in [2.75, 3.05) is 6.61 Å². The highest BCUT2D eigenvalue weighted by molar-refractivity contribution is 5.88. The molecule has 0 spiro atoms. The topological polar surface area (TPSA) is 78.6 Å². The van der Waals surface area contributed by atoms with Crippen LogP contribution in [0.2, 0.25) is 0 Å². The predicted molar refractivity (Wildman–Crippen MR) is 41.1 cm³/mol. The van der Waals surface area contributed by atoms with E-state index in [1.54, 1.807) is 0 Å². The van der Waals surface area contributed by atoms with Gasteiger partial charge in [0.05, 0.1) is 6.61 Å². The van der Waals surface area contributed by atoms with E-state index < -0.39 is 17.8 Å². The quantitative estimate of drug-likeness (QED) is 0.382. The van der Waals surface area contributed by atoms with Crippen molar-refractivity contribution in [3.63, 3.8) is 0 Å². The third kappa shape index (κ3) is 4.32. The van der Waals surface area contributed by atoms with Crippen LogP contribution < -0.4 is 5.73 Å². The lowest BCUT2D eigenvalue weighted by Gasteiger charge is -2.03. The van der Waals surface area contributed by atoms with Gasteiger partial charge in [0.15, 0.2) is 0 Å². The number of hydrogen-bond donors (Lipinski definition) is 1. The van der Waals surface area contributed by atoms with Gasteiger partial charge in [-0.2, -0.15) is 0 Å². The smallest absolute Gasteiger partial charge is 0.410 e. The maximum atomic E-state index is 10.8. The second-order valence-electron chi connectivity index (χ2n) is 1.98. The molecule has 0 heterocycles. The van der Waals surface area contributed by atoms with Gasteiger partial charge in [0.1, 0.15) is 0 Å². The monoisotopic (exact) mass is 173 g/mol. The number of esters is 1. The molecule has 0 aliphatic carbocycles. The SMILES string of the molecule is C=C(OC(N)=O)C(=O)OCCC. The Morgan fingerprint density at radius 3 is 2.50 bits per heavy atom. The van der Waals surface area contributed by atoms with Crippen LogP contribution in [0.15, 0.2) is 12.3 Å². The molecule has 0 unspecified atom stereocenters. The maximum Gasteiger partial charge on any atom is 0.410 e. The molecule has 0 aromatic rings. The number of nitrogens with two attached hydrogens (primary N) is 1. The highest BCUT2D eigenvalue weighted by Gasteiger charge is 2.11. The second-order valence-corrected chi connectivity index (χ2v) is 1.98. The second kappa shape index (κ2) is 5.17. The number of carbonyl (C=O) groups excluding carboxylic acids is 2.